The average Bonchev–Trinajstić information content (AvgIpc) is 2.27. The van der Waals surface area contributed by atoms with Gasteiger partial charge in [0.2, 0.25) is 0 Å². The van der Waals surface area contributed by atoms with E-state index in [1.54, 1.807) is 0 Å². The van der Waals surface area contributed by atoms with Crippen molar-refractivity contribution in [3.05, 3.63) is 0 Å². The molecule has 1 saturated carbocycles. The van der Waals surface area contributed by atoms with E-state index in [0.29, 0.717) is 6.42 Å². The van der Waals surface area contributed by atoms with Gasteiger partial charge in [-0.05, 0) is 25.2 Å². The zero-order valence-corrected chi connectivity index (χ0v) is 10.3. The second-order valence-electron chi connectivity index (χ2n) is 5.22. The van der Waals surface area contributed by atoms with E-state index in [0.717, 1.165) is 12.8 Å². The van der Waals surface area contributed by atoms with Gasteiger partial charge in [-0.2, -0.15) is 13.2 Å². The summed E-state index contributed by atoms with van der Waals surface area (Å²) in [6.45, 7) is 1.91. The maximum Gasteiger partial charge on any atom is 0.414 e. The van der Waals surface area contributed by atoms with Crippen molar-refractivity contribution in [2.24, 2.45) is 11.3 Å². The SMILES string of the molecule is CCC1CCCC(CC(O)C(F)(F)F)(C(=O)O)C1. The Morgan fingerprint density at radius 1 is 1.50 bits per heavy atom. The summed E-state index contributed by atoms with van der Waals surface area (Å²) in [6.07, 6.45) is -5.37. The number of aliphatic carboxylic acids is 1. The molecule has 18 heavy (non-hydrogen) atoms. The van der Waals surface area contributed by atoms with Crippen molar-refractivity contribution in [2.75, 3.05) is 0 Å². The van der Waals surface area contributed by atoms with E-state index < -0.39 is 30.1 Å². The second-order valence-corrected chi connectivity index (χ2v) is 5.22. The number of hydrogen-bond donors (Lipinski definition) is 2. The van der Waals surface area contributed by atoms with Crippen LogP contribution in [0, 0.1) is 11.3 Å². The van der Waals surface area contributed by atoms with Crippen LogP contribution in [0.15, 0.2) is 0 Å². The van der Waals surface area contributed by atoms with E-state index in [9.17, 15) is 23.1 Å². The summed E-state index contributed by atoms with van der Waals surface area (Å²) in [5.74, 6) is -1.08. The molecule has 0 saturated heterocycles. The maximum atomic E-state index is 12.4. The van der Waals surface area contributed by atoms with Crippen molar-refractivity contribution in [1.82, 2.24) is 0 Å². The molecule has 0 aromatic carbocycles. The lowest BCUT2D eigenvalue weighted by atomic mass is 9.66. The quantitative estimate of drug-likeness (QED) is 0.824. The lowest BCUT2D eigenvalue weighted by Gasteiger charge is -2.38. The first-order chi connectivity index (χ1) is 8.21. The maximum absolute atomic E-state index is 12.4. The molecule has 1 fully saturated rings. The van der Waals surface area contributed by atoms with Gasteiger partial charge in [0.05, 0.1) is 5.41 Å². The highest BCUT2D eigenvalue weighted by atomic mass is 19.4. The van der Waals surface area contributed by atoms with Gasteiger partial charge in [0.15, 0.2) is 6.10 Å². The topological polar surface area (TPSA) is 57.5 Å². The summed E-state index contributed by atoms with van der Waals surface area (Å²) in [4.78, 5) is 11.3. The smallest absolute Gasteiger partial charge is 0.414 e. The number of carbonyl (C=O) groups is 1. The predicted octanol–water partition coefficient (Wildman–Crippen LogP) is 2.97. The molecular formula is C12H19F3O3. The number of hydrogen-bond acceptors (Lipinski definition) is 2. The molecule has 3 nitrogen and oxygen atoms in total. The van der Waals surface area contributed by atoms with E-state index in [2.05, 4.69) is 0 Å². The van der Waals surface area contributed by atoms with Gasteiger partial charge in [-0.25, -0.2) is 0 Å². The van der Waals surface area contributed by atoms with Crippen molar-refractivity contribution in [2.45, 2.75) is 57.7 Å². The molecule has 2 N–H and O–H groups in total. The van der Waals surface area contributed by atoms with Crippen LogP contribution in [-0.4, -0.2) is 28.5 Å². The van der Waals surface area contributed by atoms with Gasteiger partial charge in [0.25, 0.3) is 0 Å². The molecule has 6 heteroatoms. The summed E-state index contributed by atoms with van der Waals surface area (Å²) >= 11 is 0. The highest BCUT2D eigenvalue weighted by molar-refractivity contribution is 5.74. The Balaban J connectivity index is 2.84. The van der Waals surface area contributed by atoms with E-state index in [1.807, 2.05) is 6.92 Å². The van der Waals surface area contributed by atoms with Gasteiger partial charge in [-0.1, -0.05) is 26.2 Å². The van der Waals surface area contributed by atoms with Gasteiger partial charge in [0.1, 0.15) is 0 Å². The number of aliphatic hydroxyl groups is 1. The molecule has 3 atom stereocenters. The Labute approximate surface area is 104 Å². The summed E-state index contributed by atoms with van der Waals surface area (Å²) in [5, 5.41) is 18.4. The van der Waals surface area contributed by atoms with Gasteiger partial charge in [-0.3, -0.25) is 4.79 Å². The molecule has 0 aliphatic heterocycles. The Hall–Kier alpha value is -0.780. The molecule has 0 aromatic heterocycles. The molecule has 1 aliphatic rings. The molecule has 0 bridgehead atoms. The van der Waals surface area contributed by atoms with Crippen LogP contribution >= 0.6 is 0 Å². The van der Waals surface area contributed by atoms with Crippen LogP contribution in [0.4, 0.5) is 13.2 Å². The van der Waals surface area contributed by atoms with Gasteiger partial charge < -0.3 is 10.2 Å². The highest BCUT2D eigenvalue weighted by Gasteiger charge is 2.49. The molecule has 0 amide bonds. The minimum absolute atomic E-state index is 0.135. The number of alkyl halides is 3. The Bertz CT molecular complexity index is 303. The third kappa shape index (κ3) is 3.37. The van der Waals surface area contributed by atoms with Crippen molar-refractivity contribution < 1.29 is 28.2 Å². The molecule has 3 unspecified atom stereocenters. The molecule has 0 aromatic rings. The number of carboxylic acid groups (broad SMARTS) is 1. The normalized spacial score (nSPS) is 31.1. The van der Waals surface area contributed by atoms with Gasteiger partial charge in [0, 0.05) is 0 Å². The van der Waals surface area contributed by atoms with Crippen molar-refractivity contribution in [3.63, 3.8) is 0 Å². The molecule has 1 aliphatic carbocycles. The van der Waals surface area contributed by atoms with E-state index in [1.165, 1.54) is 0 Å². The molecule has 106 valence electrons. The first-order valence-corrected chi connectivity index (χ1v) is 6.19. The fourth-order valence-corrected chi connectivity index (χ4v) is 2.79. The average molecular weight is 268 g/mol. The Morgan fingerprint density at radius 3 is 2.56 bits per heavy atom. The van der Waals surface area contributed by atoms with Crippen LogP contribution in [0.3, 0.4) is 0 Å². The van der Waals surface area contributed by atoms with E-state index in [4.69, 9.17) is 5.11 Å². The van der Waals surface area contributed by atoms with Crippen LogP contribution in [0.1, 0.15) is 45.4 Å². The number of rotatable bonds is 4. The number of carboxylic acids is 1. The lowest BCUT2D eigenvalue weighted by molar-refractivity contribution is -0.216. The van der Waals surface area contributed by atoms with Gasteiger partial charge >= 0.3 is 12.1 Å². The predicted molar refractivity (Wildman–Crippen MR) is 59.0 cm³/mol. The first-order valence-electron chi connectivity index (χ1n) is 6.19. The molecule has 0 heterocycles. The molecule has 0 spiro atoms. The first kappa shape index (κ1) is 15.3. The zero-order valence-electron chi connectivity index (χ0n) is 10.3. The van der Waals surface area contributed by atoms with Crippen molar-refractivity contribution in [1.29, 1.82) is 0 Å². The number of aliphatic hydroxyl groups excluding tert-OH is 1. The van der Waals surface area contributed by atoms with Crippen molar-refractivity contribution >= 4 is 5.97 Å². The minimum Gasteiger partial charge on any atom is -0.481 e. The fourth-order valence-electron chi connectivity index (χ4n) is 2.79. The summed E-state index contributed by atoms with van der Waals surface area (Å²) < 4.78 is 37.1. The third-order valence-corrected chi connectivity index (χ3v) is 3.94. The summed E-state index contributed by atoms with van der Waals surface area (Å²) in [7, 11) is 0. The summed E-state index contributed by atoms with van der Waals surface area (Å²) in [5.41, 5.74) is -1.42. The van der Waals surface area contributed by atoms with Gasteiger partial charge in [-0.15, -0.1) is 0 Å². The molecular weight excluding hydrogens is 249 g/mol. The summed E-state index contributed by atoms with van der Waals surface area (Å²) in [6, 6.07) is 0. The standard InChI is InChI=1S/C12H19F3O3/c1-2-8-4-3-5-11(6-8,10(17)18)7-9(16)12(13,14)15/h8-9,16H,2-7H2,1H3,(H,17,18). The Morgan fingerprint density at radius 2 is 2.11 bits per heavy atom. The zero-order chi connectivity index (χ0) is 14.0. The minimum atomic E-state index is -4.75. The van der Waals surface area contributed by atoms with E-state index >= 15 is 0 Å². The lowest BCUT2D eigenvalue weighted by Crippen LogP contribution is -2.43. The van der Waals surface area contributed by atoms with Crippen LogP contribution in [0.2, 0.25) is 0 Å². The van der Waals surface area contributed by atoms with Crippen LogP contribution in [0.25, 0.3) is 0 Å². The molecule has 0 radical (unpaired) electrons. The fraction of sp³-hybridized carbons (Fsp3) is 0.917. The highest BCUT2D eigenvalue weighted by Crippen LogP contribution is 2.45. The van der Waals surface area contributed by atoms with Crippen LogP contribution in [0.5, 0.6) is 0 Å². The number of halogens is 3. The second kappa shape index (κ2) is 5.47. The largest absolute Gasteiger partial charge is 0.481 e. The van der Waals surface area contributed by atoms with E-state index in [-0.39, 0.29) is 18.8 Å². The van der Waals surface area contributed by atoms with Crippen molar-refractivity contribution in [3.8, 4) is 0 Å². The monoisotopic (exact) mass is 268 g/mol. The third-order valence-electron chi connectivity index (χ3n) is 3.94. The van der Waals surface area contributed by atoms with Crippen LogP contribution in [-0.2, 0) is 4.79 Å². The van der Waals surface area contributed by atoms with Crippen LogP contribution < -0.4 is 0 Å². The Kier molecular flexibility index (Phi) is 4.64. The molecule has 1 rings (SSSR count).